The van der Waals surface area contributed by atoms with Gasteiger partial charge in [-0.05, 0) is 51.7 Å². The lowest BCUT2D eigenvalue weighted by Gasteiger charge is -2.35. The van der Waals surface area contributed by atoms with Crippen molar-refractivity contribution in [2.45, 2.75) is 32.4 Å². The maximum absolute atomic E-state index is 10.8. The number of carboxylic acid groups (broad SMARTS) is 1. The highest BCUT2D eigenvalue weighted by atomic mass is 16.4. The Kier molecular flexibility index (Phi) is 4.61. The molecule has 0 bridgehead atoms. The second kappa shape index (κ2) is 6.21. The Morgan fingerprint density at radius 3 is 2.68 bits per heavy atom. The lowest BCUT2D eigenvalue weighted by atomic mass is 10.0. The van der Waals surface area contributed by atoms with Crippen molar-refractivity contribution in [3.8, 4) is 0 Å². The van der Waals surface area contributed by atoms with Crippen LogP contribution >= 0.6 is 0 Å². The third-order valence-corrected chi connectivity index (χ3v) is 3.91. The molecule has 0 radical (unpaired) electrons. The van der Waals surface area contributed by atoms with E-state index in [1.54, 1.807) is 6.07 Å². The molecule has 1 N–H and O–H groups in total. The van der Waals surface area contributed by atoms with Gasteiger partial charge in [-0.3, -0.25) is 4.90 Å². The summed E-state index contributed by atoms with van der Waals surface area (Å²) in [5.74, 6) is -0.271. The van der Waals surface area contributed by atoms with Crippen molar-refractivity contribution < 1.29 is 14.3 Å². The van der Waals surface area contributed by atoms with Gasteiger partial charge in [0.15, 0.2) is 0 Å². The second-order valence-electron chi connectivity index (χ2n) is 5.15. The number of rotatable bonds is 5. The molecule has 0 spiro atoms. The van der Waals surface area contributed by atoms with E-state index in [0.717, 1.165) is 38.2 Å². The quantitative estimate of drug-likeness (QED) is 0.882. The van der Waals surface area contributed by atoms with Crippen LogP contribution in [0.15, 0.2) is 16.5 Å². The maximum Gasteiger partial charge on any atom is 0.371 e. The van der Waals surface area contributed by atoms with Gasteiger partial charge in [0.2, 0.25) is 5.76 Å². The number of aromatic carboxylic acids is 1. The maximum atomic E-state index is 10.8. The van der Waals surface area contributed by atoms with Crippen molar-refractivity contribution in [1.29, 1.82) is 0 Å². The van der Waals surface area contributed by atoms with E-state index in [4.69, 9.17) is 9.52 Å². The number of carboxylic acids is 1. The Morgan fingerprint density at radius 1 is 1.47 bits per heavy atom. The number of likely N-dealkylation sites (tertiary alicyclic amines) is 1. The molecule has 5 heteroatoms. The molecule has 0 amide bonds. The first-order valence-electron chi connectivity index (χ1n) is 6.84. The fraction of sp³-hybridized carbons (Fsp3) is 0.643. The highest BCUT2D eigenvalue weighted by molar-refractivity contribution is 5.84. The molecule has 106 valence electrons. The predicted octanol–water partition coefficient (Wildman–Crippen LogP) is 1.89. The minimum atomic E-state index is -1.01. The molecule has 1 saturated heterocycles. The van der Waals surface area contributed by atoms with Crippen molar-refractivity contribution in [1.82, 2.24) is 9.80 Å². The van der Waals surface area contributed by atoms with Gasteiger partial charge in [-0.25, -0.2) is 4.79 Å². The molecule has 0 aromatic carbocycles. The lowest BCUT2D eigenvalue weighted by molar-refractivity contribution is 0.0656. The average Bonchev–Trinajstić information content (AvgIpc) is 2.87. The first kappa shape index (κ1) is 14.1. The fourth-order valence-corrected chi connectivity index (χ4v) is 2.63. The van der Waals surface area contributed by atoms with E-state index >= 15 is 0 Å². The zero-order valence-electron chi connectivity index (χ0n) is 11.6. The molecular formula is C14H22N2O3. The van der Waals surface area contributed by atoms with Crippen LogP contribution in [0.4, 0.5) is 0 Å². The molecule has 1 aromatic heterocycles. The van der Waals surface area contributed by atoms with Gasteiger partial charge in [0, 0.05) is 6.04 Å². The molecule has 0 aliphatic carbocycles. The molecule has 0 unspecified atom stereocenters. The number of piperidine rings is 1. The van der Waals surface area contributed by atoms with Crippen LogP contribution in [0.2, 0.25) is 0 Å². The molecular weight excluding hydrogens is 244 g/mol. The Morgan fingerprint density at radius 2 is 2.16 bits per heavy atom. The largest absolute Gasteiger partial charge is 0.475 e. The van der Waals surface area contributed by atoms with Crippen LogP contribution in [-0.2, 0) is 6.54 Å². The van der Waals surface area contributed by atoms with Crippen LogP contribution in [0.25, 0.3) is 0 Å². The molecule has 1 fully saturated rings. The summed E-state index contributed by atoms with van der Waals surface area (Å²) in [6, 6.07) is 3.83. The van der Waals surface area contributed by atoms with Crippen molar-refractivity contribution in [2.75, 3.05) is 26.7 Å². The van der Waals surface area contributed by atoms with Crippen molar-refractivity contribution in [3.05, 3.63) is 23.7 Å². The molecule has 1 aliphatic heterocycles. The molecule has 1 aliphatic rings. The van der Waals surface area contributed by atoms with Gasteiger partial charge in [0.1, 0.15) is 5.76 Å². The smallest absolute Gasteiger partial charge is 0.371 e. The summed E-state index contributed by atoms with van der Waals surface area (Å²) in [5.41, 5.74) is 0. The van der Waals surface area contributed by atoms with Crippen LogP contribution in [-0.4, -0.2) is 53.6 Å². The summed E-state index contributed by atoms with van der Waals surface area (Å²) in [6.07, 6.45) is 2.33. The summed E-state index contributed by atoms with van der Waals surface area (Å²) in [6.45, 7) is 6.27. The van der Waals surface area contributed by atoms with Gasteiger partial charge in [-0.15, -0.1) is 0 Å². The van der Waals surface area contributed by atoms with Crippen LogP contribution in [0.1, 0.15) is 36.1 Å². The highest BCUT2D eigenvalue weighted by Crippen LogP contribution is 2.18. The molecule has 2 rings (SSSR count). The van der Waals surface area contributed by atoms with Gasteiger partial charge in [-0.2, -0.15) is 0 Å². The van der Waals surface area contributed by atoms with Gasteiger partial charge in [0.25, 0.3) is 0 Å². The molecule has 19 heavy (non-hydrogen) atoms. The second-order valence-corrected chi connectivity index (χ2v) is 5.15. The number of nitrogens with zero attached hydrogens (tertiary/aromatic N) is 2. The molecule has 5 nitrogen and oxygen atoms in total. The van der Waals surface area contributed by atoms with Crippen molar-refractivity contribution >= 4 is 5.97 Å². The summed E-state index contributed by atoms with van der Waals surface area (Å²) < 4.78 is 5.30. The summed E-state index contributed by atoms with van der Waals surface area (Å²) in [4.78, 5) is 15.5. The van der Waals surface area contributed by atoms with Crippen molar-refractivity contribution in [2.24, 2.45) is 0 Å². The Hall–Kier alpha value is -1.33. The first-order valence-corrected chi connectivity index (χ1v) is 6.84. The minimum absolute atomic E-state index is 0.0178. The van der Waals surface area contributed by atoms with E-state index in [-0.39, 0.29) is 5.76 Å². The van der Waals surface area contributed by atoms with E-state index < -0.39 is 5.97 Å². The van der Waals surface area contributed by atoms with E-state index in [9.17, 15) is 4.79 Å². The Balaban J connectivity index is 1.86. The summed E-state index contributed by atoms with van der Waals surface area (Å²) in [7, 11) is 2.08. The molecule has 0 atom stereocenters. The molecule has 1 aromatic rings. The molecule has 0 saturated carbocycles. The van der Waals surface area contributed by atoms with E-state index in [2.05, 4.69) is 23.8 Å². The topological polar surface area (TPSA) is 56.9 Å². The van der Waals surface area contributed by atoms with Gasteiger partial charge in [0.05, 0.1) is 6.54 Å². The van der Waals surface area contributed by atoms with Crippen LogP contribution in [0.3, 0.4) is 0 Å². The average molecular weight is 266 g/mol. The van der Waals surface area contributed by atoms with E-state index in [1.807, 2.05) is 0 Å². The Labute approximate surface area is 113 Å². The van der Waals surface area contributed by atoms with E-state index in [1.165, 1.54) is 6.07 Å². The standard InChI is InChI=1S/C14H22N2O3/c1-3-16-8-6-11(7-9-16)15(2)10-12-4-5-13(19-12)14(17)18/h4-5,11H,3,6-10H2,1-2H3,(H,17,18). The fourth-order valence-electron chi connectivity index (χ4n) is 2.63. The van der Waals surface area contributed by atoms with Crippen LogP contribution in [0.5, 0.6) is 0 Å². The first-order chi connectivity index (χ1) is 9.10. The van der Waals surface area contributed by atoms with Gasteiger partial charge in [-0.1, -0.05) is 6.92 Å². The predicted molar refractivity (Wildman–Crippen MR) is 72.3 cm³/mol. The number of hydrogen-bond donors (Lipinski definition) is 1. The van der Waals surface area contributed by atoms with E-state index in [0.29, 0.717) is 12.6 Å². The monoisotopic (exact) mass is 266 g/mol. The third kappa shape index (κ3) is 3.58. The number of furan rings is 1. The highest BCUT2D eigenvalue weighted by Gasteiger charge is 2.22. The zero-order chi connectivity index (χ0) is 13.8. The normalized spacial score (nSPS) is 18.1. The van der Waals surface area contributed by atoms with Gasteiger partial charge < -0.3 is 14.4 Å². The Bertz CT molecular complexity index is 422. The third-order valence-electron chi connectivity index (χ3n) is 3.91. The summed E-state index contributed by atoms with van der Waals surface area (Å²) >= 11 is 0. The lowest BCUT2D eigenvalue weighted by Crippen LogP contribution is -2.42. The number of hydrogen-bond acceptors (Lipinski definition) is 4. The SMILES string of the molecule is CCN1CCC(N(C)Cc2ccc(C(=O)O)o2)CC1. The number of carbonyl (C=O) groups is 1. The van der Waals surface area contributed by atoms with Crippen LogP contribution < -0.4 is 0 Å². The van der Waals surface area contributed by atoms with Crippen molar-refractivity contribution in [3.63, 3.8) is 0 Å². The minimum Gasteiger partial charge on any atom is -0.475 e. The van der Waals surface area contributed by atoms with Crippen LogP contribution in [0, 0.1) is 0 Å². The molecule has 2 heterocycles. The van der Waals surface area contributed by atoms with Gasteiger partial charge >= 0.3 is 5.97 Å². The summed E-state index contributed by atoms with van der Waals surface area (Å²) in [5, 5.41) is 8.82. The zero-order valence-corrected chi connectivity index (χ0v) is 11.6.